The summed E-state index contributed by atoms with van der Waals surface area (Å²) in [6.07, 6.45) is 2.10. The van der Waals surface area contributed by atoms with Crippen LogP contribution in [0.3, 0.4) is 0 Å². The van der Waals surface area contributed by atoms with E-state index in [0.29, 0.717) is 6.54 Å². The van der Waals surface area contributed by atoms with Crippen molar-refractivity contribution < 1.29 is 8.42 Å². The summed E-state index contributed by atoms with van der Waals surface area (Å²) in [5.41, 5.74) is 0. The highest BCUT2D eigenvalue weighted by Gasteiger charge is 2.31. The van der Waals surface area contributed by atoms with Crippen LogP contribution in [0.15, 0.2) is 27.6 Å². The molecule has 1 heterocycles. The molecule has 118 valence electrons. The lowest BCUT2D eigenvalue weighted by Gasteiger charge is -2.29. The molecule has 0 saturated carbocycles. The van der Waals surface area contributed by atoms with Crippen molar-refractivity contribution in [2.24, 2.45) is 0 Å². The van der Waals surface area contributed by atoms with Gasteiger partial charge in [-0.15, -0.1) is 0 Å². The quantitative estimate of drug-likeness (QED) is 0.832. The fraction of sp³-hybridized carbons (Fsp3) is 0.571. The van der Waals surface area contributed by atoms with Crippen molar-refractivity contribution in [1.29, 1.82) is 0 Å². The predicted octanol–water partition coefficient (Wildman–Crippen LogP) is 3.25. The van der Waals surface area contributed by atoms with Crippen LogP contribution < -0.4 is 5.32 Å². The number of halogens is 2. The second-order valence-electron chi connectivity index (χ2n) is 5.54. The molecule has 4 nitrogen and oxygen atoms in total. The monoisotopic (exact) mass is 394 g/mol. The molecule has 1 aromatic carbocycles. The molecular weight excluding hydrogens is 376 g/mol. The fourth-order valence-electron chi connectivity index (χ4n) is 2.53. The Hall–Kier alpha value is -0.140. The van der Waals surface area contributed by atoms with Crippen molar-refractivity contribution in [1.82, 2.24) is 9.62 Å². The van der Waals surface area contributed by atoms with Crippen LogP contribution >= 0.6 is 27.5 Å². The van der Waals surface area contributed by atoms with Gasteiger partial charge in [0, 0.05) is 23.1 Å². The van der Waals surface area contributed by atoms with Crippen LogP contribution in [0.5, 0.6) is 0 Å². The maximum Gasteiger partial charge on any atom is 0.244 e. The van der Waals surface area contributed by atoms with Gasteiger partial charge in [-0.3, -0.25) is 0 Å². The predicted molar refractivity (Wildman–Crippen MR) is 89.2 cm³/mol. The van der Waals surface area contributed by atoms with Crippen molar-refractivity contribution in [2.75, 3.05) is 13.1 Å². The fourth-order valence-corrected chi connectivity index (χ4v) is 5.22. The molecule has 1 fully saturated rings. The second kappa shape index (κ2) is 6.96. The summed E-state index contributed by atoms with van der Waals surface area (Å²) in [4.78, 5) is 0.166. The van der Waals surface area contributed by atoms with E-state index in [-0.39, 0.29) is 22.0 Å². The van der Waals surface area contributed by atoms with E-state index in [1.54, 1.807) is 18.2 Å². The van der Waals surface area contributed by atoms with Crippen LogP contribution in [0, 0.1) is 0 Å². The molecule has 1 unspecified atom stereocenters. The van der Waals surface area contributed by atoms with E-state index in [4.69, 9.17) is 11.6 Å². The van der Waals surface area contributed by atoms with Gasteiger partial charge in [-0.05, 0) is 51.4 Å². The van der Waals surface area contributed by atoms with Crippen LogP contribution in [0.4, 0.5) is 0 Å². The number of benzene rings is 1. The van der Waals surface area contributed by atoms with Gasteiger partial charge >= 0.3 is 0 Å². The van der Waals surface area contributed by atoms with Crippen molar-refractivity contribution in [2.45, 2.75) is 43.7 Å². The molecule has 0 aromatic heterocycles. The summed E-state index contributed by atoms with van der Waals surface area (Å²) in [5.74, 6) is 0. The average molecular weight is 396 g/mol. The van der Waals surface area contributed by atoms with E-state index in [0.717, 1.165) is 23.9 Å². The Bertz CT molecular complexity index is 601. The minimum atomic E-state index is -3.59. The van der Waals surface area contributed by atoms with Crippen molar-refractivity contribution in [3.8, 4) is 0 Å². The number of sulfonamides is 1. The van der Waals surface area contributed by atoms with E-state index in [2.05, 4.69) is 21.2 Å². The Morgan fingerprint density at radius 2 is 2.19 bits per heavy atom. The van der Waals surface area contributed by atoms with Gasteiger partial charge < -0.3 is 5.32 Å². The molecule has 1 aliphatic rings. The van der Waals surface area contributed by atoms with E-state index < -0.39 is 10.0 Å². The van der Waals surface area contributed by atoms with Gasteiger partial charge in [0.2, 0.25) is 10.0 Å². The van der Waals surface area contributed by atoms with Crippen molar-refractivity contribution in [3.05, 3.63) is 27.7 Å². The summed E-state index contributed by atoms with van der Waals surface area (Å²) >= 11 is 9.43. The van der Waals surface area contributed by atoms with Gasteiger partial charge in [0.1, 0.15) is 4.90 Å². The first kappa shape index (κ1) is 17.2. The Balaban J connectivity index is 2.32. The molecule has 0 spiro atoms. The first-order chi connectivity index (χ1) is 9.82. The molecule has 7 heteroatoms. The second-order valence-corrected chi connectivity index (χ2v) is 8.72. The third kappa shape index (κ3) is 3.99. The smallest absolute Gasteiger partial charge is 0.244 e. The largest absolute Gasteiger partial charge is 0.313 e. The average Bonchev–Trinajstić information content (AvgIpc) is 2.87. The number of hydrogen-bond acceptors (Lipinski definition) is 3. The van der Waals surface area contributed by atoms with E-state index in [1.165, 1.54) is 4.31 Å². The van der Waals surface area contributed by atoms with Gasteiger partial charge in [0.15, 0.2) is 0 Å². The minimum Gasteiger partial charge on any atom is -0.313 e. The molecule has 1 N–H and O–H groups in total. The Morgan fingerprint density at radius 3 is 2.71 bits per heavy atom. The number of nitrogens with one attached hydrogen (secondary N) is 1. The molecule has 0 bridgehead atoms. The van der Waals surface area contributed by atoms with E-state index in [1.807, 2.05) is 13.8 Å². The van der Waals surface area contributed by atoms with Crippen LogP contribution in [0.25, 0.3) is 0 Å². The maximum absolute atomic E-state index is 12.9. The lowest BCUT2D eigenvalue weighted by molar-refractivity contribution is 0.322. The van der Waals surface area contributed by atoms with Crippen LogP contribution in [-0.2, 0) is 10.0 Å². The first-order valence-electron chi connectivity index (χ1n) is 7.02. The minimum absolute atomic E-state index is 0.114. The van der Waals surface area contributed by atoms with Gasteiger partial charge in [0.05, 0.1) is 5.02 Å². The third-order valence-corrected chi connectivity index (χ3v) is 6.64. The normalized spacial score (nSPS) is 19.6. The Morgan fingerprint density at radius 1 is 1.48 bits per heavy atom. The molecule has 2 rings (SSSR count). The zero-order valence-corrected chi connectivity index (χ0v) is 15.3. The van der Waals surface area contributed by atoms with Gasteiger partial charge in [-0.2, -0.15) is 4.31 Å². The summed E-state index contributed by atoms with van der Waals surface area (Å²) < 4.78 is 28.1. The van der Waals surface area contributed by atoms with Gasteiger partial charge in [-0.25, -0.2) is 8.42 Å². The van der Waals surface area contributed by atoms with Crippen LogP contribution in [0.2, 0.25) is 5.02 Å². The molecule has 1 aromatic rings. The van der Waals surface area contributed by atoms with Crippen molar-refractivity contribution in [3.63, 3.8) is 0 Å². The standard InChI is InChI=1S/C14H20BrClN2O2S/c1-10(2)18(9-12-4-3-7-17-12)21(19,20)14-6-5-11(15)8-13(14)16/h5-6,8,10,12,17H,3-4,7,9H2,1-2H3. The third-order valence-electron chi connectivity index (χ3n) is 3.62. The molecule has 0 aliphatic carbocycles. The molecule has 1 saturated heterocycles. The Labute approximate surface area is 140 Å². The topological polar surface area (TPSA) is 49.4 Å². The zero-order chi connectivity index (χ0) is 15.6. The first-order valence-corrected chi connectivity index (χ1v) is 9.63. The molecule has 0 radical (unpaired) electrons. The molecular formula is C14H20BrClN2O2S. The highest BCUT2D eigenvalue weighted by atomic mass is 79.9. The highest BCUT2D eigenvalue weighted by molar-refractivity contribution is 9.10. The van der Waals surface area contributed by atoms with Crippen LogP contribution in [-0.4, -0.2) is 37.9 Å². The summed E-state index contributed by atoms with van der Waals surface area (Å²) in [6.45, 7) is 5.21. The summed E-state index contributed by atoms with van der Waals surface area (Å²) in [5, 5.41) is 3.59. The van der Waals surface area contributed by atoms with Gasteiger partial charge in [-0.1, -0.05) is 27.5 Å². The molecule has 0 amide bonds. The lowest BCUT2D eigenvalue weighted by Crippen LogP contribution is -2.44. The van der Waals surface area contributed by atoms with Crippen LogP contribution in [0.1, 0.15) is 26.7 Å². The zero-order valence-electron chi connectivity index (χ0n) is 12.1. The summed E-state index contributed by atoms with van der Waals surface area (Å²) in [6, 6.07) is 4.97. The van der Waals surface area contributed by atoms with E-state index >= 15 is 0 Å². The van der Waals surface area contributed by atoms with Crippen molar-refractivity contribution >= 4 is 37.6 Å². The Kier molecular flexibility index (Phi) is 5.71. The SMILES string of the molecule is CC(C)N(CC1CCCN1)S(=O)(=O)c1ccc(Br)cc1Cl. The number of nitrogens with zero attached hydrogens (tertiary/aromatic N) is 1. The van der Waals surface area contributed by atoms with Gasteiger partial charge in [0.25, 0.3) is 0 Å². The highest BCUT2D eigenvalue weighted by Crippen LogP contribution is 2.29. The molecule has 1 aliphatic heterocycles. The number of hydrogen-bond donors (Lipinski definition) is 1. The number of rotatable bonds is 5. The lowest BCUT2D eigenvalue weighted by atomic mass is 10.2. The maximum atomic E-state index is 12.9. The summed E-state index contributed by atoms with van der Waals surface area (Å²) in [7, 11) is -3.59. The molecule has 1 atom stereocenters. The molecule has 21 heavy (non-hydrogen) atoms. The van der Waals surface area contributed by atoms with E-state index in [9.17, 15) is 8.42 Å².